The molecule has 0 spiro atoms. The van der Waals surface area contributed by atoms with Gasteiger partial charge in [0.2, 0.25) is 11.9 Å². The number of nitrogens with two attached hydrogens (primary N) is 1. The lowest BCUT2D eigenvalue weighted by Gasteiger charge is -2.29. The van der Waals surface area contributed by atoms with E-state index in [0.29, 0.717) is 38.7 Å². The number of hydrogen-bond donors (Lipinski definition) is 2. The molecule has 0 saturated carbocycles. The first kappa shape index (κ1) is 21.2. The minimum Gasteiger partial charge on any atom is -0.378 e. The van der Waals surface area contributed by atoms with E-state index < -0.39 is 6.04 Å². The summed E-state index contributed by atoms with van der Waals surface area (Å²) in [5.74, 6) is 1.19. The van der Waals surface area contributed by atoms with E-state index >= 15 is 0 Å². The van der Waals surface area contributed by atoms with Crippen LogP contribution in [0.1, 0.15) is 35.7 Å². The summed E-state index contributed by atoms with van der Waals surface area (Å²) < 4.78 is 5.49. The van der Waals surface area contributed by atoms with Crippen molar-refractivity contribution in [1.29, 1.82) is 0 Å². The Kier molecular flexibility index (Phi) is 6.43. The molecule has 4 rings (SSSR count). The summed E-state index contributed by atoms with van der Waals surface area (Å²) >= 11 is 0. The highest BCUT2D eigenvalue weighted by Crippen LogP contribution is 2.31. The maximum absolute atomic E-state index is 12.7. The quantitative estimate of drug-likeness (QED) is 0.537. The van der Waals surface area contributed by atoms with Crippen molar-refractivity contribution in [2.45, 2.75) is 39.4 Å². The highest BCUT2D eigenvalue weighted by Gasteiger charge is 2.32. The standard InChI is InChI=1S/C22H29N7O2/c1-3-18(23)21(30)29-13-17-19(14-29)25-22(26-20(17)28-7-9-31-10-8-28)27-24-12-16-6-4-5-15(2)11-16/h4-6,11-12,18H,3,7-10,13-14,23H2,1-2H3,(H,25,26,27)/b24-12+/t18-/m1/s1. The van der Waals surface area contributed by atoms with Gasteiger partial charge in [-0.2, -0.15) is 10.1 Å². The third-order valence-corrected chi connectivity index (χ3v) is 5.56. The monoisotopic (exact) mass is 423 g/mol. The largest absolute Gasteiger partial charge is 0.378 e. The molecular formula is C22H29N7O2. The van der Waals surface area contributed by atoms with Crippen molar-refractivity contribution in [3.8, 4) is 0 Å². The van der Waals surface area contributed by atoms with Crippen molar-refractivity contribution in [2.75, 3.05) is 36.6 Å². The Balaban J connectivity index is 1.58. The van der Waals surface area contributed by atoms with Crippen LogP contribution < -0.4 is 16.1 Å². The predicted molar refractivity (Wildman–Crippen MR) is 120 cm³/mol. The molecule has 1 amide bonds. The van der Waals surface area contributed by atoms with Gasteiger partial charge in [0.05, 0.1) is 44.3 Å². The molecule has 3 heterocycles. The smallest absolute Gasteiger partial charge is 0.245 e. The van der Waals surface area contributed by atoms with Crippen LogP contribution in [0.15, 0.2) is 29.4 Å². The molecule has 0 unspecified atom stereocenters. The van der Waals surface area contributed by atoms with E-state index in [2.05, 4.69) is 20.4 Å². The number of rotatable bonds is 6. The predicted octanol–water partition coefficient (Wildman–Crippen LogP) is 1.65. The minimum absolute atomic E-state index is 0.0552. The van der Waals surface area contributed by atoms with Gasteiger partial charge in [-0.25, -0.2) is 10.4 Å². The Morgan fingerprint density at radius 1 is 1.32 bits per heavy atom. The molecule has 1 fully saturated rings. The van der Waals surface area contributed by atoms with Crippen LogP contribution in [0.2, 0.25) is 0 Å². The highest BCUT2D eigenvalue weighted by atomic mass is 16.5. The fraction of sp³-hybridized carbons (Fsp3) is 0.455. The summed E-state index contributed by atoms with van der Waals surface area (Å²) in [4.78, 5) is 26.0. The third kappa shape index (κ3) is 4.83. The molecule has 2 aromatic rings. The number of amides is 1. The van der Waals surface area contributed by atoms with Crippen molar-refractivity contribution >= 4 is 23.9 Å². The molecule has 0 aliphatic carbocycles. The highest BCUT2D eigenvalue weighted by molar-refractivity contribution is 5.82. The van der Waals surface area contributed by atoms with Gasteiger partial charge < -0.3 is 20.3 Å². The SMILES string of the molecule is CC[C@@H](N)C(=O)N1Cc2nc(N/N=C/c3cccc(C)c3)nc(N3CCOCC3)c2C1. The molecule has 3 N–H and O–H groups in total. The van der Waals surface area contributed by atoms with Crippen LogP contribution >= 0.6 is 0 Å². The Labute approximate surface area is 182 Å². The van der Waals surface area contributed by atoms with Crippen LogP contribution in [0.4, 0.5) is 11.8 Å². The zero-order valence-electron chi connectivity index (χ0n) is 18.0. The molecule has 0 radical (unpaired) electrons. The van der Waals surface area contributed by atoms with Gasteiger partial charge in [0.1, 0.15) is 5.82 Å². The molecule has 1 aromatic heterocycles. The average molecular weight is 424 g/mol. The first-order valence-electron chi connectivity index (χ1n) is 10.7. The number of fused-ring (bicyclic) bond motifs is 1. The molecular weight excluding hydrogens is 394 g/mol. The lowest BCUT2D eigenvalue weighted by atomic mass is 10.2. The van der Waals surface area contributed by atoms with E-state index in [1.54, 1.807) is 11.1 Å². The molecule has 2 aliphatic heterocycles. The van der Waals surface area contributed by atoms with Crippen LogP contribution in [-0.2, 0) is 22.6 Å². The summed E-state index contributed by atoms with van der Waals surface area (Å²) in [6.45, 7) is 7.65. The fourth-order valence-electron chi connectivity index (χ4n) is 3.80. The molecule has 2 aliphatic rings. The zero-order valence-corrected chi connectivity index (χ0v) is 18.0. The molecule has 0 bridgehead atoms. The van der Waals surface area contributed by atoms with Gasteiger partial charge in [0.25, 0.3) is 0 Å². The zero-order chi connectivity index (χ0) is 21.8. The Morgan fingerprint density at radius 2 is 2.13 bits per heavy atom. The van der Waals surface area contributed by atoms with E-state index in [1.807, 2.05) is 38.1 Å². The average Bonchev–Trinajstić information content (AvgIpc) is 3.22. The fourth-order valence-corrected chi connectivity index (χ4v) is 3.80. The van der Waals surface area contributed by atoms with E-state index in [1.165, 1.54) is 5.56 Å². The third-order valence-electron chi connectivity index (χ3n) is 5.56. The summed E-state index contributed by atoms with van der Waals surface area (Å²) in [7, 11) is 0. The molecule has 31 heavy (non-hydrogen) atoms. The van der Waals surface area contributed by atoms with E-state index in [4.69, 9.17) is 15.5 Å². The number of benzene rings is 1. The number of nitrogens with zero attached hydrogens (tertiary/aromatic N) is 5. The Bertz CT molecular complexity index is 972. The normalized spacial score (nSPS) is 17.1. The molecule has 9 nitrogen and oxygen atoms in total. The van der Waals surface area contributed by atoms with Crippen molar-refractivity contribution < 1.29 is 9.53 Å². The number of hydrazone groups is 1. The summed E-state index contributed by atoms with van der Waals surface area (Å²) in [6, 6.07) is 7.58. The lowest BCUT2D eigenvalue weighted by molar-refractivity contribution is -0.133. The van der Waals surface area contributed by atoms with Crippen molar-refractivity contribution in [1.82, 2.24) is 14.9 Å². The lowest BCUT2D eigenvalue weighted by Crippen LogP contribution is -2.41. The molecule has 164 valence electrons. The number of aromatic nitrogens is 2. The Hall–Kier alpha value is -3.04. The Morgan fingerprint density at radius 3 is 2.87 bits per heavy atom. The number of morpholine rings is 1. The second kappa shape index (κ2) is 9.40. The van der Waals surface area contributed by atoms with Crippen molar-refractivity contribution in [3.63, 3.8) is 0 Å². The number of ether oxygens (including phenoxy) is 1. The number of anilines is 2. The van der Waals surface area contributed by atoms with Gasteiger partial charge in [-0.3, -0.25) is 4.79 Å². The topological polar surface area (TPSA) is 109 Å². The summed E-state index contributed by atoms with van der Waals surface area (Å²) in [6.07, 6.45) is 2.35. The van der Waals surface area contributed by atoms with Gasteiger partial charge >= 0.3 is 0 Å². The van der Waals surface area contributed by atoms with Crippen LogP contribution in [0, 0.1) is 6.92 Å². The number of aryl methyl sites for hydroxylation is 1. The maximum atomic E-state index is 12.7. The number of carbonyl (C=O) groups is 1. The maximum Gasteiger partial charge on any atom is 0.245 e. The van der Waals surface area contributed by atoms with Gasteiger partial charge in [-0.05, 0) is 18.9 Å². The molecule has 9 heteroatoms. The summed E-state index contributed by atoms with van der Waals surface area (Å²) in [5.41, 5.74) is 12.9. The van der Waals surface area contributed by atoms with Crippen LogP contribution in [0.3, 0.4) is 0 Å². The first-order valence-corrected chi connectivity index (χ1v) is 10.7. The van der Waals surface area contributed by atoms with Crippen LogP contribution in [-0.4, -0.2) is 59.3 Å². The van der Waals surface area contributed by atoms with E-state index in [-0.39, 0.29) is 5.91 Å². The van der Waals surface area contributed by atoms with Crippen molar-refractivity contribution in [2.24, 2.45) is 10.8 Å². The van der Waals surface area contributed by atoms with Crippen molar-refractivity contribution in [3.05, 3.63) is 46.6 Å². The first-order chi connectivity index (χ1) is 15.0. The summed E-state index contributed by atoms with van der Waals surface area (Å²) in [5, 5.41) is 4.32. The second-order valence-corrected chi connectivity index (χ2v) is 7.89. The second-order valence-electron chi connectivity index (χ2n) is 7.89. The van der Waals surface area contributed by atoms with Crippen LogP contribution in [0.25, 0.3) is 0 Å². The molecule has 1 saturated heterocycles. The number of carbonyl (C=O) groups excluding carboxylic acids is 1. The minimum atomic E-state index is -0.495. The van der Waals surface area contributed by atoms with E-state index in [0.717, 1.165) is 35.7 Å². The number of hydrogen-bond acceptors (Lipinski definition) is 8. The van der Waals surface area contributed by atoms with Crippen LogP contribution in [0.5, 0.6) is 0 Å². The molecule has 1 atom stereocenters. The van der Waals surface area contributed by atoms with Gasteiger partial charge in [-0.15, -0.1) is 0 Å². The molecule has 1 aromatic carbocycles. The van der Waals surface area contributed by atoms with E-state index in [9.17, 15) is 4.79 Å². The van der Waals surface area contributed by atoms with Gasteiger partial charge in [-0.1, -0.05) is 36.8 Å². The van der Waals surface area contributed by atoms with Gasteiger partial charge in [0.15, 0.2) is 0 Å². The van der Waals surface area contributed by atoms with Gasteiger partial charge in [0, 0.05) is 18.7 Å². The number of nitrogens with one attached hydrogen (secondary N) is 1.